The molecule has 1 N–H and O–H groups in total. The molecule has 1 aliphatic heterocycles. The molecule has 0 aromatic heterocycles. The van der Waals surface area contributed by atoms with Crippen LogP contribution in [0.3, 0.4) is 0 Å². The Morgan fingerprint density at radius 2 is 1.76 bits per heavy atom. The molecule has 0 bridgehead atoms. The lowest BCUT2D eigenvalue weighted by molar-refractivity contribution is -0.122. The number of thioether (sulfide) groups is 1. The summed E-state index contributed by atoms with van der Waals surface area (Å²) >= 11 is 1.71. The van der Waals surface area contributed by atoms with Gasteiger partial charge in [0.2, 0.25) is 0 Å². The van der Waals surface area contributed by atoms with Crippen LogP contribution in [-0.2, 0) is 9.53 Å². The Morgan fingerprint density at radius 3 is 2.55 bits per heavy atom. The number of benzene rings is 3. The molecule has 0 fully saturated rings. The number of hydrogen-bond acceptors (Lipinski definition) is 5. The van der Waals surface area contributed by atoms with Crippen molar-refractivity contribution in [3.05, 3.63) is 90.0 Å². The highest BCUT2D eigenvalue weighted by Gasteiger charge is 2.32. The highest BCUT2D eigenvalue weighted by Crippen LogP contribution is 2.43. The Labute approximate surface area is 172 Å². The molecule has 1 aliphatic rings. The van der Waals surface area contributed by atoms with Crippen molar-refractivity contribution in [3.63, 3.8) is 0 Å². The van der Waals surface area contributed by atoms with Crippen molar-refractivity contribution >= 4 is 29.3 Å². The van der Waals surface area contributed by atoms with E-state index in [9.17, 15) is 14.7 Å². The van der Waals surface area contributed by atoms with E-state index in [0.717, 1.165) is 16.1 Å². The summed E-state index contributed by atoms with van der Waals surface area (Å²) in [5, 5.41) is 9.53. The molecule has 0 saturated heterocycles. The molecule has 0 saturated carbocycles. The van der Waals surface area contributed by atoms with Crippen LogP contribution in [0.15, 0.2) is 83.8 Å². The van der Waals surface area contributed by atoms with Gasteiger partial charge in [0.25, 0.3) is 5.91 Å². The van der Waals surface area contributed by atoms with E-state index in [1.807, 2.05) is 54.6 Å². The SMILES string of the molecule is O=C(OCC(=O)N1c2ccccc2SC[C@H]1c1ccccc1)c1cccc(O)c1. The second-order valence-corrected chi connectivity index (χ2v) is 7.66. The van der Waals surface area contributed by atoms with E-state index in [4.69, 9.17) is 4.74 Å². The monoisotopic (exact) mass is 405 g/mol. The van der Waals surface area contributed by atoms with Crippen molar-refractivity contribution in [1.29, 1.82) is 0 Å². The fraction of sp³-hybridized carbons (Fsp3) is 0.130. The van der Waals surface area contributed by atoms with E-state index in [0.29, 0.717) is 5.75 Å². The molecule has 5 nitrogen and oxygen atoms in total. The number of carbonyl (C=O) groups excluding carboxylic acids is 2. The molecule has 1 atom stereocenters. The zero-order valence-electron chi connectivity index (χ0n) is 15.5. The molecule has 6 heteroatoms. The van der Waals surface area contributed by atoms with Crippen molar-refractivity contribution in [1.82, 2.24) is 0 Å². The van der Waals surface area contributed by atoms with Crippen molar-refractivity contribution in [2.24, 2.45) is 0 Å². The molecular weight excluding hydrogens is 386 g/mol. The second kappa shape index (κ2) is 8.41. The summed E-state index contributed by atoms with van der Waals surface area (Å²) in [4.78, 5) is 28.2. The van der Waals surface area contributed by atoms with Gasteiger partial charge in [0.15, 0.2) is 6.61 Å². The average Bonchev–Trinajstić information content (AvgIpc) is 2.77. The normalized spacial score (nSPS) is 15.4. The maximum atomic E-state index is 13.1. The minimum atomic E-state index is -0.648. The molecule has 4 rings (SSSR count). The van der Waals surface area contributed by atoms with Crippen molar-refractivity contribution in [2.75, 3.05) is 17.3 Å². The van der Waals surface area contributed by atoms with Crippen molar-refractivity contribution < 1.29 is 19.4 Å². The average molecular weight is 405 g/mol. The van der Waals surface area contributed by atoms with E-state index in [1.165, 1.54) is 18.2 Å². The van der Waals surface area contributed by atoms with Gasteiger partial charge in [0.05, 0.1) is 17.3 Å². The number of para-hydroxylation sites is 1. The minimum absolute atomic E-state index is 0.0306. The van der Waals surface area contributed by atoms with Gasteiger partial charge < -0.3 is 9.84 Å². The number of ether oxygens (including phenoxy) is 1. The maximum absolute atomic E-state index is 13.1. The van der Waals surface area contributed by atoms with Crippen molar-refractivity contribution in [3.8, 4) is 5.75 Å². The van der Waals surface area contributed by atoms with Crippen LogP contribution in [0, 0.1) is 0 Å². The Morgan fingerprint density at radius 1 is 1.00 bits per heavy atom. The largest absolute Gasteiger partial charge is 0.508 e. The summed E-state index contributed by atoms with van der Waals surface area (Å²) in [7, 11) is 0. The molecule has 3 aromatic carbocycles. The molecule has 1 amide bonds. The summed E-state index contributed by atoms with van der Waals surface area (Å²) in [6.07, 6.45) is 0. The number of esters is 1. The van der Waals surface area contributed by atoms with Gasteiger partial charge in [-0.2, -0.15) is 0 Å². The number of amides is 1. The second-order valence-electron chi connectivity index (χ2n) is 6.60. The van der Waals surface area contributed by atoms with Gasteiger partial charge >= 0.3 is 5.97 Å². The molecule has 0 radical (unpaired) electrons. The Hall–Kier alpha value is -3.25. The van der Waals surface area contributed by atoms with E-state index in [2.05, 4.69) is 0 Å². The summed E-state index contributed by atoms with van der Waals surface area (Å²) in [5.41, 5.74) is 2.05. The lowest BCUT2D eigenvalue weighted by Gasteiger charge is -2.37. The molecule has 1 heterocycles. The third-order valence-electron chi connectivity index (χ3n) is 4.69. The molecule has 29 heavy (non-hydrogen) atoms. The first kappa shape index (κ1) is 19.1. The number of hydrogen-bond donors (Lipinski definition) is 1. The van der Waals surface area contributed by atoms with E-state index in [1.54, 1.807) is 22.7 Å². The van der Waals surface area contributed by atoms with Gasteiger partial charge in [-0.3, -0.25) is 9.69 Å². The van der Waals surface area contributed by atoms with Crippen LogP contribution in [0.1, 0.15) is 22.0 Å². The minimum Gasteiger partial charge on any atom is -0.508 e. The summed E-state index contributed by atoms with van der Waals surface area (Å²) < 4.78 is 5.25. The van der Waals surface area contributed by atoms with E-state index < -0.39 is 5.97 Å². The third kappa shape index (κ3) is 4.12. The Kier molecular flexibility index (Phi) is 5.53. The molecule has 0 aliphatic carbocycles. The zero-order chi connectivity index (χ0) is 20.2. The number of nitrogens with zero attached hydrogens (tertiary/aromatic N) is 1. The highest BCUT2D eigenvalue weighted by atomic mass is 32.2. The van der Waals surface area contributed by atoms with Crippen LogP contribution >= 0.6 is 11.8 Å². The zero-order valence-corrected chi connectivity index (χ0v) is 16.3. The molecule has 0 unspecified atom stereocenters. The first-order valence-electron chi connectivity index (χ1n) is 9.18. The molecule has 0 spiro atoms. The van der Waals surface area contributed by atoms with Gasteiger partial charge in [-0.1, -0.05) is 48.5 Å². The van der Waals surface area contributed by atoms with Gasteiger partial charge in [-0.25, -0.2) is 4.79 Å². The first-order chi connectivity index (χ1) is 14.1. The standard InChI is InChI=1S/C23H19NO4S/c25-18-10-6-9-17(13-18)23(27)28-14-22(26)24-19-11-4-5-12-21(19)29-15-20(24)16-7-2-1-3-8-16/h1-13,20,25H,14-15H2/t20-/m0/s1. The third-order valence-corrected chi connectivity index (χ3v) is 5.83. The number of anilines is 1. The van der Waals surface area contributed by atoms with Crippen LogP contribution in [0.25, 0.3) is 0 Å². The molecule has 146 valence electrons. The molecular formula is C23H19NO4S. The summed E-state index contributed by atoms with van der Waals surface area (Å²) in [5.74, 6) is -0.255. The van der Waals surface area contributed by atoms with Crippen LogP contribution in [-0.4, -0.2) is 29.3 Å². The van der Waals surface area contributed by atoms with Gasteiger partial charge in [0.1, 0.15) is 5.75 Å². The van der Waals surface area contributed by atoms with Crippen LogP contribution < -0.4 is 4.90 Å². The van der Waals surface area contributed by atoms with E-state index >= 15 is 0 Å². The lowest BCUT2D eigenvalue weighted by Crippen LogP contribution is -2.41. The predicted molar refractivity (Wildman–Crippen MR) is 112 cm³/mol. The number of carbonyl (C=O) groups is 2. The fourth-order valence-corrected chi connectivity index (χ4v) is 4.50. The highest BCUT2D eigenvalue weighted by molar-refractivity contribution is 7.99. The van der Waals surface area contributed by atoms with Crippen LogP contribution in [0.4, 0.5) is 5.69 Å². The van der Waals surface area contributed by atoms with Gasteiger partial charge in [-0.05, 0) is 35.9 Å². The lowest BCUT2D eigenvalue weighted by atomic mass is 10.1. The van der Waals surface area contributed by atoms with Crippen LogP contribution in [0.2, 0.25) is 0 Å². The molecule has 3 aromatic rings. The van der Waals surface area contributed by atoms with Gasteiger partial charge in [-0.15, -0.1) is 11.8 Å². The summed E-state index contributed by atoms with van der Waals surface area (Å²) in [6.45, 7) is -0.378. The number of phenolic OH excluding ortho intramolecular Hbond substituents is 1. The fourth-order valence-electron chi connectivity index (χ4n) is 3.33. The van der Waals surface area contributed by atoms with Gasteiger partial charge in [0, 0.05) is 10.6 Å². The quantitative estimate of drug-likeness (QED) is 0.651. The van der Waals surface area contributed by atoms with Crippen LogP contribution in [0.5, 0.6) is 5.75 Å². The number of aromatic hydroxyl groups is 1. The Bertz CT molecular complexity index is 1040. The van der Waals surface area contributed by atoms with E-state index in [-0.39, 0.29) is 29.9 Å². The predicted octanol–water partition coefficient (Wildman–Crippen LogP) is 4.43. The maximum Gasteiger partial charge on any atom is 0.338 e. The number of rotatable bonds is 4. The number of fused-ring (bicyclic) bond motifs is 1. The summed E-state index contributed by atoms with van der Waals surface area (Å²) in [6, 6.07) is 23.3. The number of phenols is 1. The first-order valence-corrected chi connectivity index (χ1v) is 10.2. The Balaban J connectivity index is 1.57. The van der Waals surface area contributed by atoms with Crippen molar-refractivity contribution in [2.45, 2.75) is 10.9 Å². The smallest absolute Gasteiger partial charge is 0.338 e. The topological polar surface area (TPSA) is 66.8 Å².